The summed E-state index contributed by atoms with van der Waals surface area (Å²) in [4.78, 5) is 11.8. The molecule has 0 saturated carbocycles. The van der Waals surface area contributed by atoms with Crippen molar-refractivity contribution in [1.29, 1.82) is 0 Å². The Bertz CT molecular complexity index is 800. The van der Waals surface area contributed by atoms with Crippen LogP contribution >= 0.6 is 0 Å². The van der Waals surface area contributed by atoms with Crippen molar-refractivity contribution in [3.63, 3.8) is 0 Å². The molecule has 1 aromatic carbocycles. The van der Waals surface area contributed by atoms with E-state index in [0.717, 1.165) is 12.1 Å². The fraction of sp³-hybridized carbons (Fsp3) is 0.364. The van der Waals surface area contributed by atoms with Gasteiger partial charge in [-0.1, -0.05) is 0 Å². The molecule has 0 spiro atoms. The summed E-state index contributed by atoms with van der Waals surface area (Å²) in [6.07, 6.45) is 3.70. The summed E-state index contributed by atoms with van der Waals surface area (Å²) < 4.78 is 86.2. The van der Waals surface area contributed by atoms with Gasteiger partial charge in [-0.25, -0.2) is 16.8 Å². The summed E-state index contributed by atoms with van der Waals surface area (Å²) in [6, 6.07) is 4.42. The molecule has 0 aliphatic heterocycles. The standard InChI is InChI=1S/C11H12F3NO6S3/c1-22(2)7-10(16)8-3-5-9(6-4-8)21-24(19,20)15-23(17,18)11(12,13)14/h3-6H,7H2,1-2H3. The molecule has 1 rings (SSSR count). The van der Waals surface area contributed by atoms with Crippen LogP contribution in [0.3, 0.4) is 0 Å². The third-order valence-electron chi connectivity index (χ3n) is 2.28. The molecule has 7 nitrogen and oxygen atoms in total. The molecule has 0 atom stereocenters. The number of hydrogen-bond acceptors (Lipinski definition) is 6. The highest BCUT2D eigenvalue weighted by Gasteiger charge is 2.40. The molecule has 24 heavy (non-hydrogen) atoms. The van der Waals surface area contributed by atoms with E-state index in [2.05, 4.69) is 4.18 Å². The molecule has 0 saturated heterocycles. The Morgan fingerprint density at radius 1 is 1.12 bits per heavy atom. The number of Topliss-reactive ketones (excluding diaryl/α,β-unsaturated/α-hetero) is 1. The molecule has 0 bridgehead atoms. The van der Waals surface area contributed by atoms with Crippen molar-refractivity contribution in [3.05, 3.63) is 34.0 Å². The fourth-order valence-corrected chi connectivity index (χ4v) is 3.81. The topological polar surface area (TPSA) is 109 Å². The minimum atomic E-state index is -6.25. The summed E-state index contributed by atoms with van der Waals surface area (Å²) in [5.74, 6) is -0.417. The quantitative estimate of drug-likeness (QED) is 0.502. The first-order valence-corrected chi connectivity index (χ1v) is 10.9. The number of hydrogen-bond donors (Lipinski definition) is 0. The molecule has 0 radical (unpaired) electrons. The van der Waals surface area contributed by atoms with E-state index >= 15 is 0 Å². The molecule has 0 amide bonds. The molecule has 0 fully saturated rings. The van der Waals surface area contributed by atoms with E-state index in [9.17, 15) is 34.8 Å². The summed E-state index contributed by atoms with van der Waals surface area (Å²) in [7, 11) is -11.8. The molecular weight excluding hydrogens is 395 g/mol. The Labute approximate surface area is 139 Å². The lowest BCUT2D eigenvalue weighted by atomic mass is 10.1. The molecule has 0 heterocycles. The van der Waals surface area contributed by atoms with Crippen molar-refractivity contribution in [2.75, 3.05) is 18.3 Å². The lowest BCUT2D eigenvalue weighted by molar-refractivity contribution is -0.0425. The summed E-state index contributed by atoms with van der Waals surface area (Å²) >= 11 is 0. The monoisotopic (exact) mass is 407 g/mol. The van der Waals surface area contributed by atoms with Crippen molar-refractivity contribution in [1.82, 2.24) is 0 Å². The van der Waals surface area contributed by atoms with Crippen LogP contribution in [0.4, 0.5) is 13.2 Å². The van der Waals surface area contributed by atoms with Gasteiger partial charge in [-0.15, -0.1) is 0 Å². The van der Waals surface area contributed by atoms with Crippen molar-refractivity contribution in [2.24, 2.45) is 0 Å². The number of sulfonamides is 1. The summed E-state index contributed by atoms with van der Waals surface area (Å²) in [5, 5.41) is 0. The maximum atomic E-state index is 12.1. The van der Waals surface area contributed by atoms with E-state index in [1.54, 1.807) is 4.13 Å². The Kier molecular flexibility index (Phi) is 6.30. The van der Waals surface area contributed by atoms with Gasteiger partial charge in [-0.3, -0.25) is 4.79 Å². The van der Waals surface area contributed by atoms with Crippen molar-refractivity contribution >= 4 is 37.0 Å². The average molecular weight is 407 g/mol. The van der Waals surface area contributed by atoms with Crippen LogP contribution in [0.2, 0.25) is 0 Å². The van der Waals surface area contributed by atoms with Crippen molar-refractivity contribution in [3.8, 4) is 5.75 Å². The van der Waals surface area contributed by atoms with E-state index in [1.165, 1.54) is 12.1 Å². The highest BCUT2D eigenvalue weighted by Crippen LogP contribution is 2.30. The van der Waals surface area contributed by atoms with E-state index in [4.69, 9.17) is 0 Å². The van der Waals surface area contributed by atoms with Crippen molar-refractivity contribution in [2.45, 2.75) is 5.51 Å². The van der Waals surface area contributed by atoms with Crippen molar-refractivity contribution < 1.29 is 39.0 Å². The third-order valence-corrected chi connectivity index (χ3v) is 5.62. The summed E-state index contributed by atoms with van der Waals surface area (Å²) in [5.41, 5.74) is -5.61. The van der Waals surface area contributed by atoms with Crippen LogP contribution < -0.4 is 4.18 Å². The Hall–Kier alpha value is -1.31. The highest BCUT2D eigenvalue weighted by atomic mass is 32.3. The Balaban J connectivity index is 2.88. The molecule has 0 aliphatic carbocycles. The van der Waals surface area contributed by atoms with Crippen LogP contribution in [0, 0.1) is 0 Å². The minimum Gasteiger partial charge on any atom is -0.395 e. The van der Waals surface area contributed by atoms with E-state index in [-0.39, 0.29) is 28.0 Å². The van der Waals surface area contributed by atoms with Gasteiger partial charge in [-0.05, 0) is 35.2 Å². The number of carbonyl (C=O) groups excluding carboxylic acids is 1. The smallest absolute Gasteiger partial charge is 0.395 e. The molecule has 136 valence electrons. The normalized spacial score (nSPS) is 13.1. The van der Waals surface area contributed by atoms with Gasteiger partial charge in [-0.2, -0.15) is 13.2 Å². The first-order chi connectivity index (χ1) is 10.7. The SMILES string of the molecule is C[S+](C)CC(=O)c1ccc(OS(=O)(=O)[N-]S(=O)(=O)C(F)(F)F)cc1. The summed E-state index contributed by atoms with van der Waals surface area (Å²) in [6.45, 7) is 0. The molecule has 0 unspecified atom stereocenters. The van der Waals surface area contributed by atoms with E-state index in [1.807, 2.05) is 12.5 Å². The maximum Gasteiger partial charge on any atom is 0.480 e. The van der Waals surface area contributed by atoms with Crippen LogP contribution in [0.5, 0.6) is 5.75 Å². The van der Waals surface area contributed by atoms with Crippen LogP contribution in [0.1, 0.15) is 10.4 Å². The maximum absolute atomic E-state index is 12.1. The zero-order valence-electron chi connectivity index (χ0n) is 12.3. The number of alkyl halides is 3. The number of halogens is 3. The molecular formula is C11H12F3NO6S3. The molecule has 0 aliphatic rings. The lowest BCUT2D eigenvalue weighted by Crippen LogP contribution is -2.25. The molecule has 0 N–H and O–H groups in total. The second-order valence-corrected chi connectivity index (χ2v) is 9.88. The zero-order chi connectivity index (χ0) is 18.8. The molecule has 0 aromatic heterocycles. The van der Waals surface area contributed by atoms with Crippen LogP contribution in [-0.4, -0.2) is 46.4 Å². The van der Waals surface area contributed by atoms with E-state index in [0.29, 0.717) is 0 Å². The molecule has 1 aromatic rings. The number of rotatable bonds is 7. The first kappa shape index (κ1) is 20.7. The van der Waals surface area contributed by atoms with Gasteiger partial charge in [0.15, 0.2) is 15.8 Å². The Morgan fingerprint density at radius 3 is 2.04 bits per heavy atom. The fourth-order valence-electron chi connectivity index (χ4n) is 1.34. The van der Waals surface area contributed by atoms with Gasteiger partial charge < -0.3 is 8.31 Å². The largest absolute Gasteiger partial charge is 0.480 e. The van der Waals surface area contributed by atoms with Gasteiger partial charge in [0.1, 0.15) is 5.75 Å². The number of nitrogens with zero attached hydrogens (tertiary/aromatic N) is 1. The number of benzene rings is 1. The lowest BCUT2D eigenvalue weighted by Gasteiger charge is -2.21. The van der Waals surface area contributed by atoms with E-state index < -0.39 is 31.6 Å². The minimum absolute atomic E-state index is 0.152. The third kappa shape index (κ3) is 5.96. The number of ketones is 1. The highest BCUT2D eigenvalue weighted by molar-refractivity contribution is 8.10. The predicted molar refractivity (Wildman–Crippen MR) is 82.7 cm³/mol. The van der Waals surface area contributed by atoms with Crippen LogP contribution in [0.25, 0.3) is 4.13 Å². The second kappa shape index (κ2) is 7.29. The molecule has 13 heteroatoms. The first-order valence-electron chi connectivity index (χ1n) is 5.91. The second-order valence-electron chi connectivity index (χ2n) is 4.58. The van der Waals surface area contributed by atoms with Gasteiger partial charge >= 0.3 is 5.51 Å². The number of carbonyl (C=O) groups is 1. The van der Waals surface area contributed by atoms with Gasteiger partial charge in [0, 0.05) is 5.56 Å². The zero-order valence-corrected chi connectivity index (χ0v) is 14.7. The predicted octanol–water partition coefficient (Wildman–Crippen LogP) is 1.59. The van der Waals surface area contributed by atoms with Gasteiger partial charge in [0.05, 0.1) is 12.5 Å². The van der Waals surface area contributed by atoms with Crippen LogP contribution in [0.15, 0.2) is 24.3 Å². The Morgan fingerprint density at radius 2 is 1.62 bits per heavy atom. The van der Waals surface area contributed by atoms with Gasteiger partial charge in [0.2, 0.25) is 16.1 Å². The van der Waals surface area contributed by atoms with Crippen LogP contribution in [-0.2, 0) is 31.2 Å². The van der Waals surface area contributed by atoms with Gasteiger partial charge in [0.25, 0.3) is 0 Å². The average Bonchev–Trinajstić information content (AvgIpc) is 2.35.